The Kier molecular flexibility index (Phi) is 5.63. The van der Waals surface area contributed by atoms with Crippen LogP contribution in [0.4, 0.5) is 4.79 Å². The Labute approximate surface area is 153 Å². The van der Waals surface area contributed by atoms with Crippen LogP contribution in [-0.2, 0) is 13.0 Å². The van der Waals surface area contributed by atoms with E-state index in [0.29, 0.717) is 19.6 Å². The van der Waals surface area contributed by atoms with Crippen molar-refractivity contribution in [2.45, 2.75) is 19.9 Å². The van der Waals surface area contributed by atoms with E-state index in [2.05, 4.69) is 27.2 Å². The number of fused-ring (bicyclic) bond motifs is 1. The Morgan fingerprint density at radius 3 is 3.00 bits per heavy atom. The van der Waals surface area contributed by atoms with Crippen molar-refractivity contribution in [2.75, 3.05) is 13.1 Å². The molecule has 0 bridgehead atoms. The molecule has 2 aromatic rings. The van der Waals surface area contributed by atoms with Crippen LogP contribution in [0.2, 0.25) is 0 Å². The van der Waals surface area contributed by atoms with Crippen LogP contribution in [-0.4, -0.2) is 40.9 Å². The van der Waals surface area contributed by atoms with E-state index in [-0.39, 0.29) is 6.03 Å². The van der Waals surface area contributed by atoms with E-state index >= 15 is 0 Å². The van der Waals surface area contributed by atoms with Gasteiger partial charge in [0.1, 0.15) is 0 Å². The van der Waals surface area contributed by atoms with Crippen molar-refractivity contribution >= 4 is 12.7 Å². The monoisotopic (exact) mass is 349 g/mol. The fourth-order valence-electron chi connectivity index (χ4n) is 2.96. The van der Waals surface area contributed by atoms with Gasteiger partial charge in [0.05, 0.1) is 12.2 Å². The molecule has 1 aromatic heterocycles. The van der Waals surface area contributed by atoms with Gasteiger partial charge in [-0.3, -0.25) is 10.1 Å². The largest absolute Gasteiger partial charge is 0.334 e. The minimum atomic E-state index is -0.0607. The van der Waals surface area contributed by atoms with Crippen LogP contribution in [0.15, 0.2) is 59.2 Å². The summed E-state index contributed by atoms with van der Waals surface area (Å²) in [6.07, 6.45) is 6.11. The van der Waals surface area contributed by atoms with Crippen LogP contribution >= 0.6 is 0 Å². The van der Waals surface area contributed by atoms with Crippen molar-refractivity contribution in [3.8, 4) is 11.3 Å². The molecule has 2 N–H and O–H groups in total. The van der Waals surface area contributed by atoms with Crippen LogP contribution in [0.3, 0.4) is 0 Å². The first-order valence-electron chi connectivity index (χ1n) is 8.61. The van der Waals surface area contributed by atoms with Gasteiger partial charge < -0.3 is 10.2 Å². The molecule has 1 aliphatic heterocycles. The zero-order valence-electron chi connectivity index (χ0n) is 14.9. The van der Waals surface area contributed by atoms with Crippen molar-refractivity contribution < 1.29 is 4.79 Å². The summed E-state index contributed by atoms with van der Waals surface area (Å²) in [6.45, 7) is 7.09. The number of hydrogen-bond acceptors (Lipinski definition) is 3. The fourth-order valence-corrected chi connectivity index (χ4v) is 2.96. The highest BCUT2D eigenvalue weighted by Gasteiger charge is 2.25. The third-order valence-corrected chi connectivity index (χ3v) is 4.36. The lowest BCUT2D eigenvalue weighted by atomic mass is 10.0. The highest BCUT2D eigenvalue weighted by atomic mass is 16.2. The third-order valence-electron chi connectivity index (χ3n) is 4.36. The number of aromatic nitrogens is 2. The normalized spacial score (nSPS) is 14.3. The molecule has 2 amide bonds. The maximum Gasteiger partial charge on any atom is 0.317 e. The highest BCUT2D eigenvalue weighted by Crippen LogP contribution is 2.28. The number of urea groups is 1. The molecule has 2 heterocycles. The second kappa shape index (κ2) is 8.29. The molecular weight excluding hydrogens is 326 g/mol. The number of carbonyl (C=O) groups is 1. The number of aliphatic imine (C=N–C) groups is 1. The van der Waals surface area contributed by atoms with Crippen molar-refractivity contribution in [3.05, 3.63) is 65.5 Å². The van der Waals surface area contributed by atoms with Gasteiger partial charge in [0, 0.05) is 42.5 Å². The van der Waals surface area contributed by atoms with E-state index in [9.17, 15) is 4.79 Å². The summed E-state index contributed by atoms with van der Waals surface area (Å²) in [6, 6.07) is 9.99. The van der Waals surface area contributed by atoms with Gasteiger partial charge in [-0.25, -0.2) is 4.79 Å². The van der Waals surface area contributed by atoms with Crippen LogP contribution < -0.4 is 5.32 Å². The molecule has 1 aliphatic rings. The van der Waals surface area contributed by atoms with Crippen LogP contribution in [0.5, 0.6) is 0 Å². The first-order valence-corrected chi connectivity index (χ1v) is 8.61. The number of hydrogen-bond donors (Lipinski definition) is 2. The standard InChI is InChI=1S/C20H23N5O/c1-15(7-6-11-21-2)13-22-20(26)25-12-10-18-17(14-25)19(24-23-18)16-8-4-3-5-9-16/h3-9,11H,2,10,12-14H2,1H3,(H,22,26)(H,23,24)/b11-6-,15-7+. The molecule has 26 heavy (non-hydrogen) atoms. The van der Waals surface area contributed by atoms with Gasteiger partial charge >= 0.3 is 6.03 Å². The van der Waals surface area contributed by atoms with E-state index in [1.807, 2.05) is 48.2 Å². The predicted octanol–water partition coefficient (Wildman–Crippen LogP) is 3.31. The lowest BCUT2D eigenvalue weighted by molar-refractivity contribution is 0.193. The topological polar surface area (TPSA) is 73.4 Å². The van der Waals surface area contributed by atoms with Crippen LogP contribution in [0, 0.1) is 0 Å². The second-order valence-corrected chi connectivity index (χ2v) is 6.26. The summed E-state index contributed by atoms with van der Waals surface area (Å²) in [5.41, 5.74) is 5.25. The van der Waals surface area contributed by atoms with Gasteiger partial charge in [-0.15, -0.1) is 0 Å². The highest BCUT2D eigenvalue weighted by molar-refractivity contribution is 5.75. The number of nitrogens with one attached hydrogen (secondary N) is 2. The summed E-state index contributed by atoms with van der Waals surface area (Å²) < 4.78 is 0. The van der Waals surface area contributed by atoms with Gasteiger partial charge in [0.2, 0.25) is 0 Å². The molecule has 0 saturated carbocycles. The first-order chi connectivity index (χ1) is 12.7. The number of amides is 2. The minimum Gasteiger partial charge on any atom is -0.334 e. The quantitative estimate of drug-likeness (QED) is 0.642. The number of allylic oxidation sites excluding steroid dienone is 2. The molecule has 134 valence electrons. The molecule has 0 aliphatic carbocycles. The molecule has 0 fully saturated rings. The number of benzene rings is 1. The average Bonchev–Trinajstić information content (AvgIpc) is 3.10. The van der Waals surface area contributed by atoms with Crippen molar-refractivity contribution in [2.24, 2.45) is 4.99 Å². The predicted molar refractivity (Wildman–Crippen MR) is 104 cm³/mol. The number of H-pyrrole nitrogens is 1. The SMILES string of the molecule is C=N/C=C\C=C(/C)CNC(=O)N1CCc2[nH]nc(-c3ccccc3)c2C1. The molecule has 0 saturated heterocycles. The molecule has 0 spiro atoms. The molecule has 3 rings (SSSR count). The molecular formula is C20H23N5O. The Balaban J connectivity index is 1.65. The smallest absolute Gasteiger partial charge is 0.317 e. The van der Waals surface area contributed by atoms with Crippen molar-refractivity contribution in [1.29, 1.82) is 0 Å². The molecule has 0 unspecified atom stereocenters. The van der Waals surface area contributed by atoms with E-state index in [4.69, 9.17) is 0 Å². The van der Waals surface area contributed by atoms with E-state index in [1.54, 1.807) is 12.3 Å². The Morgan fingerprint density at radius 1 is 1.42 bits per heavy atom. The number of aromatic amines is 1. The zero-order chi connectivity index (χ0) is 18.4. The van der Waals surface area contributed by atoms with Crippen LogP contribution in [0.25, 0.3) is 11.3 Å². The van der Waals surface area contributed by atoms with E-state index < -0.39 is 0 Å². The average molecular weight is 349 g/mol. The summed E-state index contributed by atoms with van der Waals surface area (Å²) in [5, 5.41) is 10.6. The van der Waals surface area contributed by atoms with Gasteiger partial charge in [-0.05, 0) is 19.7 Å². The first kappa shape index (κ1) is 17.7. The minimum absolute atomic E-state index is 0.0607. The maximum absolute atomic E-state index is 12.5. The van der Waals surface area contributed by atoms with Gasteiger partial charge in [0.15, 0.2) is 0 Å². The van der Waals surface area contributed by atoms with Crippen LogP contribution in [0.1, 0.15) is 18.2 Å². The Morgan fingerprint density at radius 2 is 2.23 bits per heavy atom. The summed E-state index contributed by atoms with van der Waals surface area (Å²) >= 11 is 0. The number of carbonyl (C=O) groups excluding carboxylic acids is 1. The van der Waals surface area contributed by atoms with Gasteiger partial charge in [-0.1, -0.05) is 42.0 Å². The lowest BCUT2D eigenvalue weighted by Gasteiger charge is -2.27. The molecule has 1 aromatic carbocycles. The molecule has 6 nitrogen and oxygen atoms in total. The van der Waals surface area contributed by atoms with E-state index in [0.717, 1.165) is 34.5 Å². The number of nitrogens with zero attached hydrogens (tertiary/aromatic N) is 3. The summed E-state index contributed by atoms with van der Waals surface area (Å²) in [5.74, 6) is 0. The zero-order valence-corrected chi connectivity index (χ0v) is 14.9. The number of rotatable bonds is 5. The van der Waals surface area contributed by atoms with Crippen molar-refractivity contribution in [3.63, 3.8) is 0 Å². The Bertz CT molecular complexity index is 835. The third kappa shape index (κ3) is 4.08. The molecule has 0 atom stereocenters. The summed E-state index contributed by atoms with van der Waals surface area (Å²) in [4.78, 5) is 18.0. The van der Waals surface area contributed by atoms with Gasteiger partial charge in [0.25, 0.3) is 0 Å². The maximum atomic E-state index is 12.5. The van der Waals surface area contributed by atoms with Crippen molar-refractivity contribution in [1.82, 2.24) is 20.4 Å². The lowest BCUT2D eigenvalue weighted by Crippen LogP contribution is -2.43. The second-order valence-electron chi connectivity index (χ2n) is 6.26. The Hall–Kier alpha value is -3.15. The van der Waals surface area contributed by atoms with E-state index in [1.165, 1.54) is 0 Å². The fraction of sp³-hybridized carbons (Fsp3) is 0.250. The van der Waals surface area contributed by atoms with Gasteiger partial charge in [-0.2, -0.15) is 5.10 Å². The molecule has 0 radical (unpaired) electrons. The summed E-state index contributed by atoms with van der Waals surface area (Å²) in [7, 11) is 0. The molecule has 6 heteroatoms.